The predicted octanol–water partition coefficient (Wildman–Crippen LogP) is 4.32. The molecule has 0 aliphatic heterocycles. The second-order valence-corrected chi connectivity index (χ2v) is 9.52. The predicted molar refractivity (Wildman–Crippen MR) is 93.3 cm³/mol. The van der Waals surface area contributed by atoms with Crippen LogP contribution in [0.3, 0.4) is 0 Å². The van der Waals surface area contributed by atoms with Gasteiger partial charge in [0.15, 0.2) is 0 Å². The van der Waals surface area contributed by atoms with Crippen molar-refractivity contribution in [2.75, 3.05) is 0 Å². The molecule has 0 aromatic heterocycles. The number of aliphatic hydroxyl groups is 1. The fourth-order valence-corrected chi connectivity index (χ4v) is 7.35. The quantitative estimate of drug-likeness (QED) is 0.726. The molecule has 8 atom stereocenters. The van der Waals surface area contributed by atoms with E-state index in [1.807, 2.05) is 0 Å². The van der Waals surface area contributed by atoms with Gasteiger partial charge in [-0.25, -0.2) is 0 Å². The Balaban J connectivity index is 1.49. The zero-order chi connectivity index (χ0) is 16.9. The summed E-state index contributed by atoms with van der Waals surface area (Å²) in [5.41, 5.74) is 0.459. The van der Waals surface area contributed by atoms with Crippen molar-refractivity contribution in [1.29, 1.82) is 0 Å². The first-order valence-electron chi connectivity index (χ1n) is 10.3. The minimum atomic E-state index is -0.112. The second-order valence-electron chi connectivity index (χ2n) is 9.52. The van der Waals surface area contributed by atoms with Crippen molar-refractivity contribution in [2.45, 2.75) is 90.3 Å². The molecule has 3 nitrogen and oxygen atoms in total. The van der Waals surface area contributed by atoms with Crippen LogP contribution in [0.5, 0.6) is 0 Å². The highest BCUT2D eigenvalue weighted by atomic mass is 16.5. The van der Waals surface area contributed by atoms with Gasteiger partial charge >= 0.3 is 5.97 Å². The van der Waals surface area contributed by atoms with Crippen LogP contribution in [0.4, 0.5) is 0 Å². The van der Waals surface area contributed by atoms with Crippen LogP contribution in [0.25, 0.3) is 0 Å². The van der Waals surface area contributed by atoms with Gasteiger partial charge in [-0.2, -0.15) is 0 Å². The van der Waals surface area contributed by atoms with Crippen LogP contribution in [0.1, 0.15) is 78.1 Å². The Morgan fingerprint density at radius 2 is 1.79 bits per heavy atom. The van der Waals surface area contributed by atoms with Gasteiger partial charge in [0.2, 0.25) is 0 Å². The van der Waals surface area contributed by atoms with Gasteiger partial charge in [-0.05, 0) is 99.2 Å². The third-order valence-corrected chi connectivity index (χ3v) is 8.44. The highest BCUT2D eigenvalue weighted by molar-refractivity contribution is 5.66. The number of fused-ring (bicyclic) bond motifs is 5. The van der Waals surface area contributed by atoms with Gasteiger partial charge < -0.3 is 9.84 Å². The van der Waals surface area contributed by atoms with Crippen LogP contribution in [0, 0.1) is 35.0 Å². The zero-order valence-electron chi connectivity index (χ0n) is 15.4. The largest absolute Gasteiger partial charge is 0.463 e. The molecule has 0 spiro atoms. The van der Waals surface area contributed by atoms with Crippen LogP contribution < -0.4 is 0 Å². The summed E-state index contributed by atoms with van der Waals surface area (Å²) < 4.78 is 5.55. The molecule has 0 aromatic carbocycles. The molecule has 0 aromatic rings. The topological polar surface area (TPSA) is 46.5 Å². The zero-order valence-corrected chi connectivity index (χ0v) is 15.4. The molecular weight excluding hydrogens is 300 g/mol. The van der Waals surface area contributed by atoms with Crippen molar-refractivity contribution in [3.63, 3.8) is 0 Å². The van der Waals surface area contributed by atoms with Crippen molar-refractivity contribution >= 4 is 5.97 Å². The van der Waals surface area contributed by atoms with Crippen LogP contribution >= 0.6 is 0 Å². The van der Waals surface area contributed by atoms with Crippen molar-refractivity contribution in [2.24, 2.45) is 35.0 Å². The molecule has 4 fully saturated rings. The SMILES string of the molecule is CC(=O)O[C@H]1CC[C@]2(C)[C@H](CC[C@@H]3[C@H]4CCC(O)C[C@@H]4CC[C@H]32)C1. The van der Waals surface area contributed by atoms with Crippen molar-refractivity contribution < 1.29 is 14.6 Å². The van der Waals surface area contributed by atoms with Crippen molar-refractivity contribution in [3.8, 4) is 0 Å². The summed E-state index contributed by atoms with van der Waals surface area (Å²) in [5, 5.41) is 10.0. The molecule has 1 unspecified atom stereocenters. The maximum atomic E-state index is 11.3. The van der Waals surface area contributed by atoms with Crippen molar-refractivity contribution in [3.05, 3.63) is 0 Å². The number of esters is 1. The van der Waals surface area contributed by atoms with E-state index in [2.05, 4.69) is 6.92 Å². The standard InChI is InChI=1S/C21H34O3/c1-13(22)24-17-9-10-21(2)15(12-17)4-6-19-18-7-5-16(23)11-14(18)3-8-20(19)21/h14-20,23H,3-12H2,1-2H3/t14-,15+,16?,17-,18-,19+,20+,21+/m0/s1. The molecule has 0 bridgehead atoms. The number of ether oxygens (including phenoxy) is 1. The minimum Gasteiger partial charge on any atom is -0.463 e. The Kier molecular flexibility index (Phi) is 4.43. The number of carbonyl (C=O) groups excluding carboxylic acids is 1. The molecule has 0 heterocycles. The first-order chi connectivity index (χ1) is 11.5. The maximum absolute atomic E-state index is 11.3. The Morgan fingerprint density at radius 3 is 2.58 bits per heavy atom. The van der Waals surface area contributed by atoms with E-state index in [1.165, 1.54) is 38.5 Å². The Labute approximate surface area is 146 Å². The molecule has 0 radical (unpaired) electrons. The summed E-state index contributed by atoms with van der Waals surface area (Å²) in [4.78, 5) is 11.3. The number of aliphatic hydroxyl groups excluding tert-OH is 1. The highest BCUT2D eigenvalue weighted by Gasteiger charge is 2.55. The molecule has 136 valence electrons. The Morgan fingerprint density at radius 1 is 1.00 bits per heavy atom. The Hall–Kier alpha value is -0.570. The molecule has 4 saturated carbocycles. The second kappa shape index (κ2) is 6.30. The normalized spacial score (nSPS) is 51.0. The van der Waals surface area contributed by atoms with E-state index in [-0.39, 0.29) is 18.2 Å². The number of hydrogen-bond acceptors (Lipinski definition) is 3. The highest BCUT2D eigenvalue weighted by Crippen LogP contribution is 2.62. The van der Waals surface area contributed by atoms with Gasteiger partial charge in [-0.3, -0.25) is 4.79 Å². The third-order valence-electron chi connectivity index (χ3n) is 8.44. The number of carbonyl (C=O) groups is 1. The summed E-state index contributed by atoms with van der Waals surface area (Å²) in [6.07, 6.45) is 12.2. The number of rotatable bonds is 1. The maximum Gasteiger partial charge on any atom is 0.302 e. The van der Waals surface area contributed by atoms with E-state index >= 15 is 0 Å². The monoisotopic (exact) mass is 334 g/mol. The molecular formula is C21H34O3. The first kappa shape index (κ1) is 16.9. The first-order valence-corrected chi connectivity index (χ1v) is 10.3. The van der Waals surface area contributed by atoms with Crippen LogP contribution in [-0.4, -0.2) is 23.3 Å². The van der Waals surface area contributed by atoms with Crippen molar-refractivity contribution in [1.82, 2.24) is 0 Å². The van der Waals surface area contributed by atoms with Crippen LogP contribution in [0.15, 0.2) is 0 Å². The molecule has 24 heavy (non-hydrogen) atoms. The number of hydrogen-bond donors (Lipinski definition) is 1. The van der Waals surface area contributed by atoms with Gasteiger partial charge in [0.1, 0.15) is 6.10 Å². The lowest BCUT2D eigenvalue weighted by molar-refractivity contribution is -0.159. The molecule has 1 N–H and O–H groups in total. The Bertz CT molecular complexity index is 489. The molecule has 0 saturated heterocycles. The summed E-state index contributed by atoms with van der Waals surface area (Å²) in [7, 11) is 0. The van der Waals surface area contributed by atoms with E-state index in [9.17, 15) is 9.90 Å². The van der Waals surface area contributed by atoms with Gasteiger partial charge in [0.25, 0.3) is 0 Å². The molecule has 4 aliphatic carbocycles. The lowest BCUT2D eigenvalue weighted by Crippen LogP contribution is -2.53. The fourth-order valence-electron chi connectivity index (χ4n) is 7.35. The van der Waals surface area contributed by atoms with E-state index < -0.39 is 0 Å². The van der Waals surface area contributed by atoms with Gasteiger partial charge in [0.05, 0.1) is 6.10 Å². The van der Waals surface area contributed by atoms with Crippen LogP contribution in [0.2, 0.25) is 0 Å². The molecule has 3 heteroatoms. The van der Waals surface area contributed by atoms with E-state index in [4.69, 9.17) is 4.74 Å². The molecule has 0 amide bonds. The average molecular weight is 335 g/mol. The smallest absolute Gasteiger partial charge is 0.302 e. The summed E-state index contributed by atoms with van der Waals surface area (Å²) in [5.74, 6) is 4.04. The lowest BCUT2D eigenvalue weighted by Gasteiger charge is -2.60. The van der Waals surface area contributed by atoms with Gasteiger partial charge in [-0.15, -0.1) is 0 Å². The molecule has 4 rings (SSSR count). The fraction of sp³-hybridized carbons (Fsp3) is 0.952. The minimum absolute atomic E-state index is 0.0334. The average Bonchev–Trinajstić information content (AvgIpc) is 2.54. The van der Waals surface area contributed by atoms with Crippen LogP contribution in [-0.2, 0) is 9.53 Å². The summed E-state index contributed by atoms with van der Waals surface area (Å²) in [6.45, 7) is 4.10. The van der Waals surface area contributed by atoms with E-state index in [0.717, 1.165) is 55.3 Å². The third kappa shape index (κ3) is 2.81. The molecule has 4 aliphatic rings. The lowest BCUT2D eigenvalue weighted by atomic mass is 9.45. The van der Waals surface area contributed by atoms with Gasteiger partial charge in [-0.1, -0.05) is 6.92 Å². The van der Waals surface area contributed by atoms with Gasteiger partial charge in [0, 0.05) is 6.92 Å². The summed E-state index contributed by atoms with van der Waals surface area (Å²) in [6, 6.07) is 0. The summed E-state index contributed by atoms with van der Waals surface area (Å²) >= 11 is 0. The van der Waals surface area contributed by atoms with E-state index in [1.54, 1.807) is 6.92 Å². The van der Waals surface area contributed by atoms with E-state index in [0.29, 0.717) is 5.41 Å².